The van der Waals surface area contributed by atoms with Crippen LogP contribution in [0.5, 0.6) is 0 Å². The van der Waals surface area contributed by atoms with Crippen molar-refractivity contribution in [1.82, 2.24) is 10.2 Å². The summed E-state index contributed by atoms with van der Waals surface area (Å²) in [5.41, 5.74) is 5.21. The number of amides is 1. The topological polar surface area (TPSA) is 47.6 Å². The Labute approximate surface area is 207 Å². The van der Waals surface area contributed by atoms with Gasteiger partial charge in [-0.3, -0.25) is 15.0 Å². The van der Waals surface area contributed by atoms with Crippen LogP contribution < -0.4 is 15.5 Å². The van der Waals surface area contributed by atoms with Gasteiger partial charge in [-0.1, -0.05) is 56.3 Å². The van der Waals surface area contributed by atoms with Crippen LogP contribution in [0.15, 0.2) is 78.9 Å². The zero-order chi connectivity index (χ0) is 23.9. The van der Waals surface area contributed by atoms with Crippen molar-refractivity contribution < 1.29 is 4.79 Å². The Balaban J connectivity index is 1.25. The predicted molar refractivity (Wildman–Crippen MR) is 145 cm³/mol. The standard InChI is InChI=1S/C28H32N4OS/c1-21(2)23-8-10-24(11-9-23)27(33)30-28(34)29-25-12-14-26(15-13-25)32-18-16-31(17-19-32)20-22-6-4-3-5-7-22/h3-15,21H,16-20H2,1-2H3,(H2,29,30,33,34). The van der Waals surface area contributed by atoms with Crippen LogP contribution in [0, 0.1) is 0 Å². The van der Waals surface area contributed by atoms with E-state index in [-0.39, 0.29) is 5.91 Å². The Kier molecular flexibility index (Phi) is 7.93. The van der Waals surface area contributed by atoms with Crippen molar-refractivity contribution in [2.45, 2.75) is 26.3 Å². The molecule has 0 spiro atoms. The molecule has 6 heteroatoms. The molecular weight excluding hydrogens is 440 g/mol. The molecule has 0 unspecified atom stereocenters. The Bertz CT molecular complexity index is 1090. The molecule has 176 valence electrons. The van der Waals surface area contributed by atoms with Crippen LogP contribution in [-0.2, 0) is 6.54 Å². The third-order valence-electron chi connectivity index (χ3n) is 6.18. The number of hydrogen-bond donors (Lipinski definition) is 2. The lowest BCUT2D eigenvalue weighted by molar-refractivity contribution is 0.0977. The molecular formula is C28H32N4OS. The minimum atomic E-state index is -0.210. The third-order valence-corrected chi connectivity index (χ3v) is 6.38. The lowest BCUT2D eigenvalue weighted by Gasteiger charge is -2.36. The highest BCUT2D eigenvalue weighted by Gasteiger charge is 2.17. The normalized spacial score (nSPS) is 14.1. The first-order valence-electron chi connectivity index (χ1n) is 11.8. The van der Waals surface area contributed by atoms with Crippen LogP contribution in [0.2, 0.25) is 0 Å². The van der Waals surface area contributed by atoms with Crippen molar-refractivity contribution in [2.75, 3.05) is 36.4 Å². The van der Waals surface area contributed by atoms with E-state index in [2.05, 4.69) is 76.7 Å². The third kappa shape index (κ3) is 6.43. The van der Waals surface area contributed by atoms with Gasteiger partial charge in [0.05, 0.1) is 0 Å². The van der Waals surface area contributed by atoms with Crippen molar-refractivity contribution in [3.63, 3.8) is 0 Å². The van der Waals surface area contributed by atoms with Crippen molar-refractivity contribution in [1.29, 1.82) is 0 Å². The van der Waals surface area contributed by atoms with Crippen LogP contribution in [0.1, 0.15) is 41.3 Å². The summed E-state index contributed by atoms with van der Waals surface area (Å²) in [6.45, 7) is 9.36. The number of nitrogens with zero attached hydrogens (tertiary/aromatic N) is 2. The number of nitrogens with one attached hydrogen (secondary N) is 2. The maximum Gasteiger partial charge on any atom is 0.257 e. The van der Waals surface area contributed by atoms with Gasteiger partial charge in [0.2, 0.25) is 0 Å². The summed E-state index contributed by atoms with van der Waals surface area (Å²) in [5.74, 6) is 0.221. The molecule has 1 amide bonds. The predicted octanol–water partition coefficient (Wildman–Crippen LogP) is 5.26. The molecule has 1 aliphatic heterocycles. The van der Waals surface area contributed by atoms with E-state index in [9.17, 15) is 4.79 Å². The smallest absolute Gasteiger partial charge is 0.257 e. The summed E-state index contributed by atoms with van der Waals surface area (Å²) in [4.78, 5) is 17.4. The molecule has 3 aromatic carbocycles. The highest BCUT2D eigenvalue weighted by molar-refractivity contribution is 7.80. The van der Waals surface area contributed by atoms with E-state index in [1.54, 1.807) is 0 Å². The minimum Gasteiger partial charge on any atom is -0.369 e. The molecule has 4 rings (SSSR count). The molecule has 5 nitrogen and oxygen atoms in total. The number of carbonyl (C=O) groups excluding carboxylic acids is 1. The Hall–Kier alpha value is -3.22. The number of hydrogen-bond acceptors (Lipinski definition) is 4. The first-order valence-corrected chi connectivity index (χ1v) is 12.2. The summed E-state index contributed by atoms with van der Waals surface area (Å²) >= 11 is 5.35. The number of anilines is 2. The van der Waals surface area contributed by atoms with Gasteiger partial charge in [0.1, 0.15) is 0 Å². The molecule has 0 aromatic heterocycles. The van der Waals surface area contributed by atoms with E-state index in [0.29, 0.717) is 16.6 Å². The second kappa shape index (κ2) is 11.3. The van der Waals surface area contributed by atoms with Gasteiger partial charge in [-0.05, 0) is 65.7 Å². The lowest BCUT2D eigenvalue weighted by atomic mass is 10.0. The Morgan fingerprint density at radius 2 is 1.53 bits per heavy atom. The summed E-state index contributed by atoms with van der Waals surface area (Å²) in [6.07, 6.45) is 0. The van der Waals surface area contributed by atoms with Gasteiger partial charge in [0.15, 0.2) is 5.11 Å². The van der Waals surface area contributed by atoms with E-state index in [0.717, 1.165) is 38.4 Å². The first-order chi connectivity index (χ1) is 16.5. The molecule has 0 aliphatic carbocycles. The zero-order valence-corrected chi connectivity index (χ0v) is 20.6. The molecule has 3 aromatic rings. The van der Waals surface area contributed by atoms with E-state index >= 15 is 0 Å². The molecule has 0 bridgehead atoms. The molecule has 1 saturated heterocycles. The first kappa shape index (κ1) is 23.9. The number of piperazine rings is 1. The fourth-order valence-electron chi connectivity index (χ4n) is 4.12. The summed E-state index contributed by atoms with van der Waals surface area (Å²) in [6, 6.07) is 26.5. The number of benzene rings is 3. The number of rotatable bonds is 6. The molecule has 0 saturated carbocycles. The maximum atomic E-state index is 12.5. The van der Waals surface area contributed by atoms with Crippen molar-refractivity contribution in [3.05, 3.63) is 95.6 Å². The van der Waals surface area contributed by atoms with Crippen LogP contribution in [0.25, 0.3) is 0 Å². The SMILES string of the molecule is CC(C)c1ccc(C(=O)NC(=S)Nc2ccc(N3CCN(Cc4ccccc4)CC3)cc2)cc1. The molecule has 0 atom stereocenters. The average molecular weight is 473 g/mol. The van der Waals surface area contributed by atoms with Gasteiger partial charge < -0.3 is 10.2 Å². The van der Waals surface area contributed by atoms with Crippen LogP contribution in [-0.4, -0.2) is 42.1 Å². The summed E-state index contributed by atoms with van der Waals surface area (Å²) in [5, 5.41) is 6.16. The lowest BCUT2D eigenvalue weighted by Crippen LogP contribution is -2.45. The van der Waals surface area contributed by atoms with Gasteiger partial charge in [0.25, 0.3) is 5.91 Å². The second-order valence-corrected chi connectivity index (χ2v) is 9.39. The van der Waals surface area contributed by atoms with E-state index in [1.807, 2.05) is 36.4 Å². The highest BCUT2D eigenvalue weighted by atomic mass is 32.1. The van der Waals surface area contributed by atoms with Crippen LogP contribution in [0.3, 0.4) is 0 Å². The van der Waals surface area contributed by atoms with Gasteiger partial charge in [-0.15, -0.1) is 0 Å². The highest BCUT2D eigenvalue weighted by Crippen LogP contribution is 2.20. The zero-order valence-electron chi connectivity index (χ0n) is 19.8. The van der Waals surface area contributed by atoms with Crippen LogP contribution in [0.4, 0.5) is 11.4 Å². The molecule has 1 aliphatic rings. The fraction of sp³-hybridized carbons (Fsp3) is 0.286. The quantitative estimate of drug-likeness (QED) is 0.479. The Morgan fingerprint density at radius 1 is 0.882 bits per heavy atom. The average Bonchev–Trinajstić information content (AvgIpc) is 2.85. The minimum absolute atomic E-state index is 0.210. The van der Waals surface area contributed by atoms with Gasteiger partial charge >= 0.3 is 0 Å². The second-order valence-electron chi connectivity index (χ2n) is 8.98. The molecule has 34 heavy (non-hydrogen) atoms. The van der Waals surface area contributed by atoms with E-state index < -0.39 is 0 Å². The summed E-state index contributed by atoms with van der Waals surface area (Å²) < 4.78 is 0. The molecule has 0 radical (unpaired) electrons. The van der Waals surface area contributed by atoms with Gasteiger partial charge in [0, 0.05) is 49.7 Å². The maximum absolute atomic E-state index is 12.5. The molecule has 2 N–H and O–H groups in total. The molecule has 1 heterocycles. The van der Waals surface area contributed by atoms with E-state index in [1.165, 1.54) is 16.8 Å². The van der Waals surface area contributed by atoms with Gasteiger partial charge in [-0.2, -0.15) is 0 Å². The Morgan fingerprint density at radius 3 is 2.15 bits per heavy atom. The largest absolute Gasteiger partial charge is 0.369 e. The van der Waals surface area contributed by atoms with E-state index in [4.69, 9.17) is 12.2 Å². The molecule has 1 fully saturated rings. The number of thiocarbonyl (C=S) groups is 1. The van der Waals surface area contributed by atoms with Crippen molar-refractivity contribution in [3.8, 4) is 0 Å². The monoisotopic (exact) mass is 472 g/mol. The number of carbonyl (C=O) groups is 1. The summed E-state index contributed by atoms with van der Waals surface area (Å²) in [7, 11) is 0. The van der Waals surface area contributed by atoms with Crippen molar-refractivity contribution >= 4 is 34.6 Å². The van der Waals surface area contributed by atoms with Crippen molar-refractivity contribution in [2.24, 2.45) is 0 Å². The van der Waals surface area contributed by atoms with Crippen LogP contribution >= 0.6 is 12.2 Å². The fourth-order valence-corrected chi connectivity index (χ4v) is 4.33. The van der Waals surface area contributed by atoms with Gasteiger partial charge in [-0.25, -0.2) is 0 Å².